The molecule has 1 saturated carbocycles. The van der Waals surface area contributed by atoms with Gasteiger partial charge < -0.3 is 5.32 Å². The normalized spacial score (nSPS) is 45.0. The Bertz CT molecular complexity index is 70.4. The van der Waals surface area contributed by atoms with E-state index in [0.717, 1.165) is 12.0 Å². The molecule has 0 aromatic rings. The van der Waals surface area contributed by atoms with Gasteiger partial charge in [0.05, 0.1) is 0 Å². The third-order valence-corrected chi connectivity index (χ3v) is 2.58. The average Bonchev–Trinajstić information content (AvgIpc) is 2.15. The number of fused-ring (bicyclic) bond motifs is 1. The molecule has 1 aliphatic carbocycles. The number of nitrogens with one attached hydrogen (secondary N) is 1. The first-order valence-corrected chi connectivity index (χ1v) is 3.70. The molecule has 0 amide bonds. The molecule has 46 valence electrons. The van der Waals surface area contributed by atoms with E-state index in [1.54, 1.807) is 0 Å². The fourth-order valence-electron chi connectivity index (χ4n) is 2.11. The van der Waals surface area contributed by atoms with Gasteiger partial charge in [-0.05, 0) is 31.7 Å². The Morgan fingerprint density at radius 1 is 1.12 bits per heavy atom. The van der Waals surface area contributed by atoms with Crippen LogP contribution in [0.5, 0.6) is 0 Å². The van der Waals surface area contributed by atoms with Gasteiger partial charge in [0.15, 0.2) is 0 Å². The maximum Gasteiger partial charge on any atom is 0.00958 e. The summed E-state index contributed by atoms with van der Waals surface area (Å²) in [7, 11) is 0. The second-order valence-electron chi connectivity index (χ2n) is 3.04. The predicted octanol–water partition coefficient (Wildman–Crippen LogP) is 1.15. The van der Waals surface area contributed by atoms with Gasteiger partial charge in [-0.25, -0.2) is 0 Å². The van der Waals surface area contributed by atoms with E-state index in [1.165, 1.54) is 32.2 Å². The number of hydrogen-bond donors (Lipinski definition) is 1. The van der Waals surface area contributed by atoms with Crippen LogP contribution >= 0.6 is 0 Å². The Kier molecular flexibility index (Phi) is 1.04. The minimum Gasteiger partial charge on any atom is -0.314 e. The van der Waals surface area contributed by atoms with E-state index in [2.05, 4.69) is 5.32 Å². The van der Waals surface area contributed by atoms with Crippen LogP contribution in [0.25, 0.3) is 0 Å². The molecule has 0 spiro atoms. The van der Waals surface area contributed by atoms with Crippen molar-refractivity contribution in [1.82, 2.24) is 5.32 Å². The van der Waals surface area contributed by atoms with E-state index in [9.17, 15) is 0 Å². The first-order chi connectivity index (χ1) is 3.97. The van der Waals surface area contributed by atoms with E-state index in [4.69, 9.17) is 0 Å². The molecule has 1 heteroatoms. The van der Waals surface area contributed by atoms with Crippen LogP contribution in [-0.2, 0) is 0 Å². The van der Waals surface area contributed by atoms with E-state index >= 15 is 0 Å². The summed E-state index contributed by atoms with van der Waals surface area (Å²) in [6, 6.07) is 0.926. The van der Waals surface area contributed by atoms with E-state index < -0.39 is 0 Å². The smallest absolute Gasteiger partial charge is 0.00958 e. The van der Waals surface area contributed by atoms with E-state index in [1.807, 2.05) is 0 Å². The van der Waals surface area contributed by atoms with Crippen LogP contribution in [0.3, 0.4) is 0 Å². The highest BCUT2D eigenvalue weighted by Gasteiger charge is 2.30. The Morgan fingerprint density at radius 3 is 3.00 bits per heavy atom. The molecule has 2 aliphatic rings. The zero-order chi connectivity index (χ0) is 5.40. The van der Waals surface area contributed by atoms with Crippen molar-refractivity contribution in [2.45, 2.75) is 31.7 Å². The molecule has 2 rings (SSSR count). The molecule has 2 atom stereocenters. The monoisotopic (exact) mass is 111 g/mol. The maximum atomic E-state index is 3.52. The maximum absolute atomic E-state index is 3.52. The summed E-state index contributed by atoms with van der Waals surface area (Å²) >= 11 is 0. The van der Waals surface area contributed by atoms with E-state index in [0.29, 0.717) is 0 Å². The highest BCUT2D eigenvalue weighted by atomic mass is 15.0. The van der Waals surface area contributed by atoms with Crippen LogP contribution < -0.4 is 5.32 Å². The summed E-state index contributed by atoms with van der Waals surface area (Å²) in [6.07, 6.45) is 5.87. The molecule has 2 fully saturated rings. The zero-order valence-electron chi connectivity index (χ0n) is 5.19. The SMILES string of the molecule is C1CC2CCN[C@H]2C1. The molecule has 1 saturated heterocycles. The van der Waals surface area contributed by atoms with Crippen LogP contribution in [0, 0.1) is 5.92 Å². The standard InChI is InChI=1S/C7H13N/c1-2-6-4-5-8-7(6)3-1/h6-8H,1-5H2/t6?,7-/m0/s1. The van der Waals surface area contributed by atoms with Crippen LogP contribution in [0.15, 0.2) is 0 Å². The van der Waals surface area contributed by atoms with Gasteiger partial charge in [-0.2, -0.15) is 0 Å². The lowest BCUT2D eigenvalue weighted by atomic mass is 10.1. The minimum absolute atomic E-state index is 0.926. The van der Waals surface area contributed by atoms with Crippen molar-refractivity contribution in [3.63, 3.8) is 0 Å². The highest BCUT2D eigenvalue weighted by molar-refractivity contribution is 4.88. The van der Waals surface area contributed by atoms with E-state index in [-0.39, 0.29) is 0 Å². The quantitative estimate of drug-likeness (QED) is 0.494. The molecule has 1 unspecified atom stereocenters. The largest absolute Gasteiger partial charge is 0.314 e. The Morgan fingerprint density at radius 2 is 2.12 bits per heavy atom. The van der Waals surface area contributed by atoms with Crippen molar-refractivity contribution in [2.75, 3.05) is 6.54 Å². The fourth-order valence-corrected chi connectivity index (χ4v) is 2.11. The van der Waals surface area contributed by atoms with Crippen molar-refractivity contribution in [3.8, 4) is 0 Å². The summed E-state index contributed by atoms with van der Waals surface area (Å²) in [5, 5.41) is 3.52. The van der Waals surface area contributed by atoms with Gasteiger partial charge >= 0.3 is 0 Å². The Hall–Kier alpha value is -0.0400. The lowest BCUT2D eigenvalue weighted by molar-refractivity contribution is 0.518. The summed E-state index contributed by atoms with van der Waals surface area (Å²) in [4.78, 5) is 0. The van der Waals surface area contributed by atoms with Gasteiger partial charge in [-0.1, -0.05) is 6.42 Å². The third kappa shape index (κ3) is 0.576. The average molecular weight is 111 g/mol. The van der Waals surface area contributed by atoms with Crippen molar-refractivity contribution < 1.29 is 0 Å². The number of hydrogen-bond acceptors (Lipinski definition) is 1. The van der Waals surface area contributed by atoms with Gasteiger partial charge in [0.2, 0.25) is 0 Å². The molecule has 1 aliphatic heterocycles. The van der Waals surface area contributed by atoms with Crippen LogP contribution in [0.4, 0.5) is 0 Å². The van der Waals surface area contributed by atoms with Crippen LogP contribution in [0.2, 0.25) is 0 Å². The van der Waals surface area contributed by atoms with Gasteiger partial charge in [0.1, 0.15) is 0 Å². The van der Waals surface area contributed by atoms with Crippen molar-refractivity contribution >= 4 is 0 Å². The molecule has 0 radical (unpaired) electrons. The van der Waals surface area contributed by atoms with Gasteiger partial charge in [-0.3, -0.25) is 0 Å². The van der Waals surface area contributed by atoms with Crippen molar-refractivity contribution in [2.24, 2.45) is 5.92 Å². The summed E-state index contributed by atoms with van der Waals surface area (Å²) < 4.78 is 0. The Labute approximate surface area is 50.5 Å². The predicted molar refractivity (Wildman–Crippen MR) is 33.7 cm³/mol. The van der Waals surface area contributed by atoms with Crippen molar-refractivity contribution in [1.29, 1.82) is 0 Å². The molecule has 0 aromatic heterocycles. The van der Waals surface area contributed by atoms with Crippen LogP contribution in [0.1, 0.15) is 25.7 Å². The second-order valence-corrected chi connectivity index (χ2v) is 3.04. The molecular formula is C7H13N. The zero-order valence-corrected chi connectivity index (χ0v) is 5.19. The molecule has 0 bridgehead atoms. The van der Waals surface area contributed by atoms with Gasteiger partial charge in [-0.15, -0.1) is 0 Å². The Balaban J connectivity index is 2.04. The highest BCUT2D eigenvalue weighted by Crippen LogP contribution is 2.31. The summed E-state index contributed by atoms with van der Waals surface area (Å²) in [5.74, 6) is 1.06. The number of rotatable bonds is 0. The summed E-state index contributed by atoms with van der Waals surface area (Å²) in [6.45, 7) is 1.29. The van der Waals surface area contributed by atoms with Gasteiger partial charge in [0.25, 0.3) is 0 Å². The molecule has 1 nitrogen and oxygen atoms in total. The molecule has 1 N–H and O–H groups in total. The first kappa shape index (κ1) is 4.80. The fraction of sp³-hybridized carbons (Fsp3) is 1.00. The van der Waals surface area contributed by atoms with Crippen LogP contribution in [-0.4, -0.2) is 12.6 Å². The first-order valence-electron chi connectivity index (χ1n) is 3.70. The molecular weight excluding hydrogens is 98.1 g/mol. The molecule has 8 heavy (non-hydrogen) atoms. The van der Waals surface area contributed by atoms with Gasteiger partial charge in [0, 0.05) is 6.04 Å². The lowest BCUT2D eigenvalue weighted by Crippen LogP contribution is -2.21. The summed E-state index contributed by atoms with van der Waals surface area (Å²) in [5.41, 5.74) is 0. The lowest BCUT2D eigenvalue weighted by Gasteiger charge is -2.05. The molecule has 0 aromatic carbocycles. The second kappa shape index (κ2) is 1.73. The van der Waals surface area contributed by atoms with Crippen molar-refractivity contribution in [3.05, 3.63) is 0 Å². The minimum atomic E-state index is 0.926. The topological polar surface area (TPSA) is 12.0 Å². The third-order valence-electron chi connectivity index (χ3n) is 2.58. The molecule has 1 heterocycles.